The number of aliphatic hydroxyl groups excluding tert-OH is 1. The SMILES string of the molecule is CC1CCC(C(C)C)C(OC2CC(O)C2)C1. The van der Waals surface area contributed by atoms with Crippen molar-refractivity contribution in [2.45, 2.75) is 71.2 Å². The zero-order valence-corrected chi connectivity index (χ0v) is 10.9. The van der Waals surface area contributed by atoms with Gasteiger partial charge in [-0.15, -0.1) is 0 Å². The lowest BCUT2D eigenvalue weighted by Gasteiger charge is -2.42. The number of hydrogen-bond donors (Lipinski definition) is 1. The Morgan fingerprint density at radius 2 is 1.81 bits per heavy atom. The monoisotopic (exact) mass is 226 g/mol. The van der Waals surface area contributed by atoms with Gasteiger partial charge in [0, 0.05) is 0 Å². The first-order chi connectivity index (χ1) is 7.56. The molecule has 2 aliphatic rings. The van der Waals surface area contributed by atoms with Crippen LogP contribution in [0.4, 0.5) is 0 Å². The fourth-order valence-electron chi connectivity index (χ4n) is 3.17. The summed E-state index contributed by atoms with van der Waals surface area (Å²) in [5, 5.41) is 9.29. The van der Waals surface area contributed by atoms with Gasteiger partial charge >= 0.3 is 0 Å². The third-order valence-corrected chi connectivity index (χ3v) is 4.40. The van der Waals surface area contributed by atoms with E-state index in [1.807, 2.05) is 0 Å². The predicted molar refractivity (Wildman–Crippen MR) is 65.2 cm³/mol. The minimum Gasteiger partial charge on any atom is -0.393 e. The lowest BCUT2D eigenvalue weighted by Crippen LogP contribution is -2.43. The van der Waals surface area contributed by atoms with Crippen molar-refractivity contribution in [1.82, 2.24) is 0 Å². The van der Waals surface area contributed by atoms with E-state index in [0.717, 1.165) is 30.6 Å². The second-order valence-electron chi connectivity index (χ2n) is 6.25. The van der Waals surface area contributed by atoms with E-state index in [9.17, 15) is 5.11 Å². The van der Waals surface area contributed by atoms with Crippen LogP contribution in [0.2, 0.25) is 0 Å². The minimum absolute atomic E-state index is 0.0940. The van der Waals surface area contributed by atoms with Gasteiger partial charge in [0.15, 0.2) is 0 Å². The van der Waals surface area contributed by atoms with Gasteiger partial charge in [-0.1, -0.05) is 27.2 Å². The average Bonchev–Trinajstić information content (AvgIpc) is 2.15. The van der Waals surface area contributed by atoms with Crippen molar-refractivity contribution in [3.8, 4) is 0 Å². The van der Waals surface area contributed by atoms with Crippen LogP contribution in [0.5, 0.6) is 0 Å². The van der Waals surface area contributed by atoms with Gasteiger partial charge in [-0.3, -0.25) is 0 Å². The molecule has 0 radical (unpaired) electrons. The predicted octanol–water partition coefficient (Wildman–Crippen LogP) is 2.99. The summed E-state index contributed by atoms with van der Waals surface area (Å²) in [5.41, 5.74) is 0. The first kappa shape index (κ1) is 12.4. The number of rotatable bonds is 3. The van der Waals surface area contributed by atoms with E-state index in [1.54, 1.807) is 0 Å². The molecule has 0 aliphatic heterocycles. The molecule has 0 heterocycles. The molecular weight excluding hydrogens is 200 g/mol. The summed E-state index contributed by atoms with van der Waals surface area (Å²) in [6.07, 6.45) is 6.30. The fraction of sp³-hybridized carbons (Fsp3) is 1.00. The van der Waals surface area contributed by atoms with Crippen LogP contribution in [0.1, 0.15) is 52.9 Å². The fourth-order valence-corrected chi connectivity index (χ4v) is 3.17. The summed E-state index contributed by atoms with van der Waals surface area (Å²) in [7, 11) is 0. The summed E-state index contributed by atoms with van der Waals surface area (Å²) in [6.45, 7) is 6.96. The molecule has 3 atom stereocenters. The van der Waals surface area contributed by atoms with Gasteiger partial charge in [0.25, 0.3) is 0 Å². The van der Waals surface area contributed by atoms with Crippen LogP contribution in [-0.4, -0.2) is 23.4 Å². The number of aliphatic hydroxyl groups is 1. The van der Waals surface area contributed by atoms with Gasteiger partial charge in [0.2, 0.25) is 0 Å². The Hall–Kier alpha value is -0.0800. The van der Waals surface area contributed by atoms with Crippen LogP contribution in [0.25, 0.3) is 0 Å². The van der Waals surface area contributed by atoms with Crippen LogP contribution in [-0.2, 0) is 4.74 Å². The molecule has 2 fully saturated rings. The second-order valence-corrected chi connectivity index (χ2v) is 6.25. The molecular formula is C14H26O2. The zero-order valence-electron chi connectivity index (χ0n) is 10.9. The van der Waals surface area contributed by atoms with Crippen molar-refractivity contribution in [3.05, 3.63) is 0 Å². The van der Waals surface area contributed by atoms with E-state index in [0.29, 0.717) is 12.2 Å². The van der Waals surface area contributed by atoms with Crippen molar-refractivity contribution < 1.29 is 9.84 Å². The first-order valence-corrected chi connectivity index (χ1v) is 6.89. The molecule has 2 aliphatic carbocycles. The van der Waals surface area contributed by atoms with Gasteiger partial charge < -0.3 is 9.84 Å². The molecule has 2 nitrogen and oxygen atoms in total. The smallest absolute Gasteiger partial charge is 0.0628 e. The highest BCUT2D eigenvalue weighted by Crippen LogP contribution is 2.38. The molecule has 16 heavy (non-hydrogen) atoms. The van der Waals surface area contributed by atoms with Gasteiger partial charge in [0.05, 0.1) is 18.3 Å². The third kappa shape index (κ3) is 2.78. The van der Waals surface area contributed by atoms with Crippen molar-refractivity contribution >= 4 is 0 Å². The molecule has 0 bridgehead atoms. The van der Waals surface area contributed by atoms with Crippen molar-refractivity contribution in [3.63, 3.8) is 0 Å². The Labute approximate surface area is 99.4 Å². The Bertz CT molecular complexity index is 221. The largest absolute Gasteiger partial charge is 0.393 e. The maximum atomic E-state index is 9.29. The maximum Gasteiger partial charge on any atom is 0.0628 e. The molecule has 0 amide bonds. The highest BCUT2D eigenvalue weighted by Gasteiger charge is 2.36. The average molecular weight is 226 g/mol. The lowest BCUT2D eigenvalue weighted by molar-refractivity contribution is -0.138. The van der Waals surface area contributed by atoms with Crippen molar-refractivity contribution in [2.75, 3.05) is 0 Å². The van der Waals surface area contributed by atoms with E-state index in [2.05, 4.69) is 20.8 Å². The van der Waals surface area contributed by atoms with Gasteiger partial charge in [-0.25, -0.2) is 0 Å². The second kappa shape index (κ2) is 5.05. The quantitative estimate of drug-likeness (QED) is 0.801. The summed E-state index contributed by atoms with van der Waals surface area (Å²) >= 11 is 0. The molecule has 0 aromatic heterocycles. The van der Waals surface area contributed by atoms with Gasteiger partial charge in [-0.05, 0) is 43.4 Å². The van der Waals surface area contributed by atoms with Crippen molar-refractivity contribution in [2.24, 2.45) is 17.8 Å². The van der Waals surface area contributed by atoms with Crippen molar-refractivity contribution in [1.29, 1.82) is 0 Å². The van der Waals surface area contributed by atoms with E-state index in [1.165, 1.54) is 19.3 Å². The molecule has 94 valence electrons. The number of hydrogen-bond acceptors (Lipinski definition) is 2. The highest BCUT2D eigenvalue weighted by molar-refractivity contribution is 4.86. The van der Waals surface area contributed by atoms with E-state index in [4.69, 9.17) is 4.74 Å². The highest BCUT2D eigenvalue weighted by atomic mass is 16.5. The zero-order chi connectivity index (χ0) is 11.7. The van der Waals surface area contributed by atoms with E-state index >= 15 is 0 Å². The standard InChI is InChI=1S/C14H26O2/c1-9(2)13-5-4-10(3)6-14(13)16-12-7-11(15)8-12/h9-15H,4-8H2,1-3H3. The molecule has 1 N–H and O–H groups in total. The van der Waals surface area contributed by atoms with E-state index in [-0.39, 0.29) is 6.10 Å². The molecule has 0 aromatic carbocycles. The Morgan fingerprint density at radius 3 is 2.38 bits per heavy atom. The Balaban J connectivity index is 1.87. The Morgan fingerprint density at radius 1 is 1.12 bits per heavy atom. The number of ether oxygens (including phenoxy) is 1. The van der Waals surface area contributed by atoms with Gasteiger partial charge in [-0.2, -0.15) is 0 Å². The molecule has 0 aromatic rings. The van der Waals surface area contributed by atoms with Crippen LogP contribution in [0.3, 0.4) is 0 Å². The molecule has 2 rings (SSSR count). The minimum atomic E-state index is -0.0940. The van der Waals surface area contributed by atoms with Crippen LogP contribution in [0.15, 0.2) is 0 Å². The summed E-state index contributed by atoms with van der Waals surface area (Å²) in [4.78, 5) is 0. The molecule has 3 unspecified atom stereocenters. The van der Waals surface area contributed by atoms with Crippen LogP contribution >= 0.6 is 0 Å². The Kier molecular flexibility index (Phi) is 3.91. The molecule has 2 heteroatoms. The third-order valence-electron chi connectivity index (χ3n) is 4.40. The summed E-state index contributed by atoms with van der Waals surface area (Å²) in [6, 6.07) is 0. The maximum absolute atomic E-state index is 9.29. The normalized spacial score (nSPS) is 44.4. The summed E-state index contributed by atoms with van der Waals surface area (Å²) in [5.74, 6) is 2.27. The molecule has 0 saturated heterocycles. The van der Waals surface area contributed by atoms with Crippen LogP contribution in [0, 0.1) is 17.8 Å². The van der Waals surface area contributed by atoms with E-state index < -0.39 is 0 Å². The summed E-state index contributed by atoms with van der Waals surface area (Å²) < 4.78 is 6.18. The molecule has 2 saturated carbocycles. The lowest BCUT2D eigenvalue weighted by atomic mass is 9.75. The first-order valence-electron chi connectivity index (χ1n) is 6.89. The topological polar surface area (TPSA) is 29.5 Å². The van der Waals surface area contributed by atoms with Crippen LogP contribution < -0.4 is 0 Å². The molecule has 0 spiro atoms. The van der Waals surface area contributed by atoms with Gasteiger partial charge in [0.1, 0.15) is 0 Å².